The van der Waals surface area contributed by atoms with Crippen molar-refractivity contribution in [2.75, 3.05) is 6.67 Å². The number of esters is 1. The van der Waals surface area contributed by atoms with Gasteiger partial charge in [-0.1, -0.05) is 66.7 Å². The Bertz CT molecular complexity index is 1290. The van der Waals surface area contributed by atoms with E-state index in [-0.39, 0.29) is 57.9 Å². The van der Waals surface area contributed by atoms with Gasteiger partial charge in [0.25, 0.3) is 0 Å². The highest BCUT2D eigenvalue weighted by Crippen LogP contribution is 2.78. The molecule has 5 rings (SSSR count). The van der Waals surface area contributed by atoms with Crippen LogP contribution < -0.4 is 0 Å². The first-order valence-corrected chi connectivity index (χ1v) is 18.8. The quantitative estimate of drug-likeness (QED) is 0.178. The average Bonchev–Trinajstić information content (AvgIpc) is 3.38. The van der Waals surface area contributed by atoms with Crippen LogP contribution in [0.3, 0.4) is 0 Å². The fraction of sp³-hybridized carbons (Fsp3) is 0.854. The Hall–Kier alpha value is -1.76. The Labute approximate surface area is 288 Å². The molecule has 0 spiro atoms. The van der Waals surface area contributed by atoms with E-state index in [1.165, 1.54) is 11.6 Å². The molecule has 0 saturated heterocycles. The molecule has 0 aromatic carbocycles. The predicted molar refractivity (Wildman–Crippen MR) is 186 cm³/mol. The number of hydrogen-bond donors (Lipinski definition) is 2. The highest BCUT2D eigenvalue weighted by Gasteiger charge is 2.71. The number of aliphatic carboxylic acids is 1. The molecule has 0 aromatic rings. The Morgan fingerprint density at radius 2 is 1.60 bits per heavy atom. The third-order valence-corrected chi connectivity index (χ3v) is 15.8. The zero-order valence-electron chi connectivity index (χ0n) is 31.0. The lowest BCUT2D eigenvalue weighted by Crippen LogP contribution is -2.67. The van der Waals surface area contributed by atoms with Gasteiger partial charge in [-0.25, -0.2) is 8.78 Å². The van der Waals surface area contributed by atoms with Crippen LogP contribution in [0.4, 0.5) is 8.78 Å². The minimum absolute atomic E-state index is 0.0706. The van der Waals surface area contributed by atoms with Crippen LogP contribution in [0.5, 0.6) is 0 Å². The second-order valence-electron chi connectivity index (χ2n) is 19.2. The van der Waals surface area contributed by atoms with Crippen LogP contribution in [0.25, 0.3) is 0 Å². The number of fused-ring (bicyclic) bond motifs is 7. The standard InChI is InChI=1S/C41H64F2O5/c1-25(2)27-14-19-41(31(44)13-10-26(43)24-42)21-20-39(8)28(35(27)41)11-12-30-38(7)17-16-32(37(5,6)29(38)15-18-40(30,39)9)48-34(47)23-36(3,4)22-33(45)46/h10,13,26-32,35,44H,1,11-12,14-24H2,2-9H3,(H,45,46)/b13-10+/t26?,27-,28+,29-,30+,31?,32-,35+,38-,39+,40+,41+/m0/s1. The number of rotatable bonds is 10. The van der Waals surface area contributed by atoms with Crippen molar-refractivity contribution in [2.45, 2.75) is 151 Å². The van der Waals surface area contributed by atoms with Gasteiger partial charge in [0, 0.05) is 10.8 Å². The first-order chi connectivity index (χ1) is 22.2. The van der Waals surface area contributed by atoms with E-state index in [1.807, 2.05) is 13.8 Å². The van der Waals surface area contributed by atoms with E-state index >= 15 is 0 Å². The van der Waals surface area contributed by atoms with Gasteiger partial charge in [0.2, 0.25) is 0 Å². The van der Waals surface area contributed by atoms with Gasteiger partial charge in [-0.3, -0.25) is 9.59 Å². The maximum atomic E-state index is 14.0. The summed E-state index contributed by atoms with van der Waals surface area (Å²) in [7, 11) is 0. The molecule has 0 heterocycles. The fourth-order valence-electron chi connectivity index (χ4n) is 13.4. The summed E-state index contributed by atoms with van der Waals surface area (Å²) < 4.78 is 33.2. The number of carboxylic acids is 1. The van der Waals surface area contributed by atoms with Gasteiger partial charge in [0.15, 0.2) is 0 Å². The molecule has 5 aliphatic carbocycles. The Morgan fingerprint density at radius 3 is 2.23 bits per heavy atom. The lowest BCUT2D eigenvalue weighted by molar-refractivity contribution is -0.254. The number of carbonyl (C=O) groups is 2. The number of allylic oxidation sites excluding steroid dienone is 2. The molecular formula is C41H64F2O5. The van der Waals surface area contributed by atoms with Gasteiger partial charge in [0.1, 0.15) is 19.0 Å². The average molecular weight is 675 g/mol. The molecule has 48 heavy (non-hydrogen) atoms. The van der Waals surface area contributed by atoms with Crippen LogP contribution in [-0.4, -0.2) is 47.2 Å². The predicted octanol–water partition coefficient (Wildman–Crippen LogP) is 9.67. The summed E-state index contributed by atoms with van der Waals surface area (Å²) in [5.41, 5.74) is 0.249. The van der Waals surface area contributed by atoms with Gasteiger partial charge in [-0.15, -0.1) is 0 Å². The van der Waals surface area contributed by atoms with Crippen molar-refractivity contribution < 1.29 is 33.3 Å². The number of carbonyl (C=O) groups excluding carboxylic acids is 1. The third-order valence-electron chi connectivity index (χ3n) is 15.8. The van der Waals surface area contributed by atoms with Gasteiger partial charge < -0.3 is 14.9 Å². The molecule has 0 amide bonds. The van der Waals surface area contributed by atoms with Gasteiger partial charge in [0.05, 0.1) is 18.9 Å². The highest BCUT2D eigenvalue weighted by atomic mass is 19.2. The largest absolute Gasteiger partial charge is 0.481 e. The Kier molecular flexibility index (Phi) is 9.98. The molecule has 2 N–H and O–H groups in total. The smallest absolute Gasteiger partial charge is 0.306 e. The molecule has 0 radical (unpaired) electrons. The minimum Gasteiger partial charge on any atom is -0.481 e. The Morgan fingerprint density at radius 1 is 0.917 bits per heavy atom. The normalized spacial score (nSPS) is 43.3. The van der Waals surface area contributed by atoms with E-state index in [1.54, 1.807) is 6.08 Å². The number of alkyl halides is 2. The summed E-state index contributed by atoms with van der Waals surface area (Å²) >= 11 is 0. The highest BCUT2D eigenvalue weighted by molar-refractivity contribution is 5.73. The topological polar surface area (TPSA) is 83.8 Å². The van der Waals surface area contributed by atoms with Crippen LogP contribution in [-0.2, 0) is 14.3 Å². The number of aliphatic hydroxyl groups excluding tert-OH is 1. The monoisotopic (exact) mass is 674 g/mol. The molecule has 5 nitrogen and oxygen atoms in total. The maximum Gasteiger partial charge on any atom is 0.306 e. The number of ether oxygens (including phenoxy) is 1. The summed E-state index contributed by atoms with van der Waals surface area (Å²) in [5, 5.41) is 21.0. The second-order valence-corrected chi connectivity index (χ2v) is 19.2. The van der Waals surface area contributed by atoms with Crippen LogP contribution in [0.15, 0.2) is 24.3 Å². The number of carboxylic acid groups (broad SMARTS) is 1. The summed E-state index contributed by atoms with van der Waals surface area (Å²) in [6, 6.07) is 0. The minimum atomic E-state index is -1.68. The molecule has 7 heteroatoms. The summed E-state index contributed by atoms with van der Waals surface area (Å²) in [6.45, 7) is 21.3. The molecular weight excluding hydrogens is 610 g/mol. The van der Waals surface area contributed by atoms with Crippen molar-refractivity contribution in [1.29, 1.82) is 0 Å². The summed E-state index contributed by atoms with van der Waals surface area (Å²) in [5.74, 6) is 0.716. The fourth-order valence-corrected chi connectivity index (χ4v) is 13.4. The summed E-state index contributed by atoms with van der Waals surface area (Å²) in [4.78, 5) is 24.5. The molecule has 0 bridgehead atoms. The van der Waals surface area contributed by atoms with Crippen molar-refractivity contribution in [3.05, 3.63) is 24.3 Å². The van der Waals surface area contributed by atoms with E-state index in [9.17, 15) is 28.6 Å². The van der Waals surface area contributed by atoms with Crippen LogP contribution >= 0.6 is 0 Å². The van der Waals surface area contributed by atoms with Gasteiger partial charge in [-0.05, 0) is 128 Å². The van der Waals surface area contributed by atoms with E-state index in [0.29, 0.717) is 23.7 Å². The van der Waals surface area contributed by atoms with Crippen LogP contribution in [0.1, 0.15) is 132 Å². The SMILES string of the molecule is C=C(C)[C@@H]1CC[C@]2(C(O)/C=C/C(F)CF)CC[C@]3(C)[C@H](CC[C@@H]4[C@@]5(C)CC[C@H](OC(=O)CC(C)(C)CC(=O)O)C(C)(C)[C@@H]5CC[C@]43C)[C@@H]12. The van der Waals surface area contributed by atoms with E-state index in [0.717, 1.165) is 64.2 Å². The van der Waals surface area contributed by atoms with Crippen LogP contribution in [0.2, 0.25) is 0 Å². The molecule has 2 unspecified atom stereocenters. The second kappa shape index (κ2) is 12.8. The molecule has 5 aliphatic rings. The number of aliphatic hydroxyl groups is 1. The molecule has 0 aromatic heterocycles. The molecule has 5 saturated carbocycles. The van der Waals surface area contributed by atoms with E-state index in [4.69, 9.17) is 4.74 Å². The lowest BCUT2D eigenvalue weighted by atomic mass is 9.32. The molecule has 5 fully saturated rings. The van der Waals surface area contributed by atoms with Crippen molar-refractivity contribution in [1.82, 2.24) is 0 Å². The first kappa shape index (κ1) is 37.5. The first-order valence-electron chi connectivity index (χ1n) is 18.8. The summed E-state index contributed by atoms with van der Waals surface area (Å²) in [6.07, 6.45) is 10.1. The molecule has 0 aliphatic heterocycles. The zero-order chi connectivity index (χ0) is 35.7. The van der Waals surface area contributed by atoms with Gasteiger partial charge in [-0.2, -0.15) is 0 Å². The van der Waals surface area contributed by atoms with E-state index in [2.05, 4.69) is 48.1 Å². The number of hydrogen-bond acceptors (Lipinski definition) is 4. The van der Waals surface area contributed by atoms with Crippen molar-refractivity contribution in [2.24, 2.45) is 62.1 Å². The maximum absolute atomic E-state index is 14.0. The van der Waals surface area contributed by atoms with Gasteiger partial charge >= 0.3 is 11.9 Å². The Balaban J connectivity index is 1.41. The zero-order valence-corrected chi connectivity index (χ0v) is 31.0. The molecule has 12 atom stereocenters. The number of halogens is 2. The van der Waals surface area contributed by atoms with E-state index < -0.39 is 30.3 Å². The van der Waals surface area contributed by atoms with Crippen molar-refractivity contribution in [3.63, 3.8) is 0 Å². The van der Waals surface area contributed by atoms with Crippen molar-refractivity contribution in [3.8, 4) is 0 Å². The lowest BCUT2D eigenvalue weighted by Gasteiger charge is -2.73. The van der Waals surface area contributed by atoms with Crippen LogP contribution in [0, 0.1) is 62.1 Å². The third kappa shape index (κ3) is 5.92. The van der Waals surface area contributed by atoms with Crippen molar-refractivity contribution >= 4 is 11.9 Å². The molecule has 272 valence electrons.